The Morgan fingerprint density at radius 1 is 1.12 bits per heavy atom. The fourth-order valence-electron chi connectivity index (χ4n) is 5.51. The van der Waals surface area contributed by atoms with Crippen LogP contribution in [0.5, 0.6) is 5.75 Å². The van der Waals surface area contributed by atoms with Gasteiger partial charge in [-0.3, -0.25) is 0 Å². The van der Waals surface area contributed by atoms with Crippen molar-refractivity contribution >= 4 is 23.4 Å². The lowest BCUT2D eigenvalue weighted by Gasteiger charge is -2.51. The number of methoxy groups -OCH3 is 1. The van der Waals surface area contributed by atoms with Crippen LogP contribution in [0.2, 0.25) is 5.02 Å². The molecule has 0 aliphatic heterocycles. The molecule has 1 aromatic carbocycles. The van der Waals surface area contributed by atoms with Crippen molar-refractivity contribution in [2.45, 2.75) is 39.0 Å². The number of benzene rings is 1. The predicted octanol–water partition coefficient (Wildman–Crippen LogP) is 5.89. The van der Waals surface area contributed by atoms with Gasteiger partial charge in [0.05, 0.1) is 12.1 Å². The lowest BCUT2D eigenvalue weighted by molar-refractivity contribution is 0.0675. The van der Waals surface area contributed by atoms with E-state index in [0.717, 1.165) is 28.7 Å². The van der Waals surface area contributed by atoms with Crippen LogP contribution in [0, 0.1) is 23.7 Å². The zero-order valence-corrected chi connectivity index (χ0v) is 15.1. The van der Waals surface area contributed by atoms with Crippen molar-refractivity contribution in [1.82, 2.24) is 0 Å². The normalized spacial score (nSPS) is 31.0. The first-order valence-corrected chi connectivity index (χ1v) is 9.42. The molecule has 5 rings (SSSR count). The van der Waals surface area contributed by atoms with Gasteiger partial charge in [-0.15, -0.1) is 0 Å². The van der Waals surface area contributed by atoms with Crippen LogP contribution in [0.3, 0.4) is 0 Å². The summed E-state index contributed by atoms with van der Waals surface area (Å²) in [5, 5.41) is 10.8. The van der Waals surface area contributed by atoms with E-state index in [0.29, 0.717) is 16.9 Å². The smallest absolute Gasteiger partial charge is 0.142 e. The Morgan fingerprint density at radius 2 is 1.75 bits per heavy atom. The summed E-state index contributed by atoms with van der Waals surface area (Å²) in [4.78, 5) is 0. The molecule has 0 unspecified atom stereocenters. The summed E-state index contributed by atoms with van der Waals surface area (Å²) < 4.78 is 5.86. The number of hydrogen-bond donors (Lipinski definition) is 1. The molecule has 0 saturated heterocycles. The van der Waals surface area contributed by atoms with E-state index in [2.05, 4.69) is 0 Å². The van der Waals surface area contributed by atoms with Crippen LogP contribution in [0.25, 0.3) is 11.8 Å². The summed E-state index contributed by atoms with van der Waals surface area (Å²) in [5.74, 6) is 4.17. The van der Waals surface area contributed by atoms with Crippen LogP contribution < -0.4 is 0 Å². The van der Waals surface area contributed by atoms with Crippen molar-refractivity contribution in [2.75, 3.05) is 7.11 Å². The summed E-state index contributed by atoms with van der Waals surface area (Å²) in [7, 11) is 1.74. The second-order valence-corrected chi connectivity index (χ2v) is 8.04. The summed E-state index contributed by atoms with van der Waals surface area (Å²) >= 11 is 6.52. The van der Waals surface area contributed by atoms with Crippen molar-refractivity contribution in [3.05, 3.63) is 39.9 Å². The molecule has 3 heteroatoms. The number of hydrogen-bond acceptors (Lipinski definition) is 2. The molecular weight excluding hydrogens is 320 g/mol. The topological polar surface area (TPSA) is 29.5 Å². The molecule has 0 amide bonds. The van der Waals surface area contributed by atoms with Crippen LogP contribution in [0.1, 0.15) is 50.2 Å². The zero-order chi connectivity index (χ0) is 16.8. The highest BCUT2D eigenvalue weighted by Crippen LogP contribution is 2.58. The maximum absolute atomic E-state index is 10.4. The van der Waals surface area contributed by atoms with Crippen molar-refractivity contribution in [3.8, 4) is 5.75 Å². The molecule has 2 nitrogen and oxygen atoms in total. The first-order valence-electron chi connectivity index (χ1n) is 9.04. The van der Waals surface area contributed by atoms with Gasteiger partial charge in [0.15, 0.2) is 0 Å². The quantitative estimate of drug-likeness (QED) is 0.692. The number of phenolic OH excluding ortho intramolecular Hbond substituents is 1. The Labute approximate surface area is 149 Å². The van der Waals surface area contributed by atoms with Gasteiger partial charge in [0.2, 0.25) is 0 Å². The average Bonchev–Trinajstić information content (AvgIpc) is 2.56. The fraction of sp³-hybridized carbons (Fsp3) is 0.524. The van der Waals surface area contributed by atoms with Gasteiger partial charge < -0.3 is 9.84 Å². The van der Waals surface area contributed by atoms with Gasteiger partial charge in [-0.1, -0.05) is 29.8 Å². The van der Waals surface area contributed by atoms with Gasteiger partial charge in [0.25, 0.3) is 0 Å². The largest absolute Gasteiger partial charge is 0.506 e. The lowest BCUT2D eigenvalue weighted by atomic mass is 9.54. The van der Waals surface area contributed by atoms with Gasteiger partial charge in [0, 0.05) is 11.1 Å². The lowest BCUT2D eigenvalue weighted by Crippen LogP contribution is -2.40. The number of ether oxygens (including phenoxy) is 1. The minimum Gasteiger partial charge on any atom is -0.506 e. The maximum atomic E-state index is 10.4. The van der Waals surface area contributed by atoms with E-state index in [1.165, 1.54) is 37.7 Å². The predicted molar refractivity (Wildman–Crippen MR) is 98.8 cm³/mol. The van der Waals surface area contributed by atoms with Crippen LogP contribution in [-0.4, -0.2) is 12.2 Å². The minimum atomic E-state index is 0.145. The number of phenols is 1. The molecule has 1 N–H and O–H groups in total. The summed E-state index contributed by atoms with van der Waals surface area (Å²) in [5.41, 5.74) is 3.05. The average molecular weight is 345 g/mol. The van der Waals surface area contributed by atoms with Crippen molar-refractivity contribution in [3.63, 3.8) is 0 Å². The Kier molecular flexibility index (Phi) is 4.12. The molecule has 0 spiro atoms. The molecular formula is C21H25ClO2. The Bertz CT molecular complexity index is 687. The van der Waals surface area contributed by atoms with Crippen molar-refractivity contribution in [2.24, 2.45) is 23.7 Å². The van der Waals surface area contributed by atoms with Gasteiger partial charge in [-0.05, 0) is 74.3 Å². The third-order valence-corrected chi connectivity index (χ3v) is 6.60. The van der Waals surface area contributed by atoms with Crippen LogP contribution in [-0.2, 0) is 4.74 Å². The Hall–Kier alpha value is -1.41. The van der Waals surface area contributed by atoms with Crippen LogP contribution in [0.15, 0.2) is 23.8 Å². The summed E-state index contributed by atoms with van der Waals surface area (Å²) in [6.07, 6.45) is 10.4. The SMILES string of the molecule is C/C=C/c1ccc(C(OC)=C2C3CC4CC(C3)CC2C4)c(Cl)c1O. The molecule has 4 aliphatic rings. The van der Waals surface area contributed by atoms with Gasteiger partial charge >= 0.3 is 0 Å². The Balaban J connectivity index is 1.81. The van der Waals surface area contributed by atoms with E-state index in [1.54, 1.807) is 7.11 Å². The second kappa shape index (κ2) is 6.15. The molecule has 24 heavy (non-hydrogen) atoms. The highest BCUT2D eigenvalue weighted by Gasteiger charge is 2.46. The number of rotatable bonds is 3. The molecule has 0 radical (unpaired) electrons. The van der Waals surface area contributed by atoms with E-state index in [-0.39, 0.29) is 5.75 Å². The van der Waals surface area contributed by atoms with E-state index in [1.807, 2.05) is 31.2 Å². The highest BCUT2D eigenvalue weighted by molar-refractivity contribution is 6.34. The highest BCUT2D eigenvalue weighted by atomic mass is 35.5. The molecule has 4 bridgehead atoms. The van der Waals surface area contributed by atoms with Crippen molar-refractivity contribution in [1.29, 1.82) is 0 Å². The van der Waals surface area contributed by atoms with E-state index >= 15 is 0 Å². The van der Waals surface area contributed by atoms with E-state index < -0.39 is 0 Å². The monoisotopic (exact) mass is 344 g/mol. The third-order valence-electron chi connectivity index (χ3n) is 6.22. The van der Waals surface area contributed by atoms with Gasteiger partial charge in [0.1, 0.15) is 11.5 Å². The number of halogens is 1. The summed E-state index contributed by atoms with van der Waals surface area (Å²) in [6, 6.07) is 3.92. The van der Waals surface area contributed by atoms with Gasteiger partial charge in [-0.2, -0.15) is 0 Å². The number of allylic oxidation sites excluding steroid dienone is 2. The first-order chi connectivity index (χ1) is 11.6. The van der Waals surface area contributed by atoms with Gasteiger partial charge in [-0.25, -0.2) is 0 Å². The van der Waals surface area contributed by atoms with Crippen LogP contribution in [0.4, 0.5) is 0 Å². The molecule has 0 atom stereocenters. The molecule has 0 aromatic heterocycles. The molecule has 4 fully saturated rings. The zero-order valence-electron chi connectivity index (χ0n) is 14.4. The molecule has 128 valence electrons. The number of aromatic hydroxyl groups is 1. The minimum absolute atomic E-state index is 0.145. The maximum Gasteiger partial charge on any atom is 0.142 e. The molecule has 1 aromatic rings. The third kappa shape index (κ3) is 2.47. The standard InChI is InChI=1S/C21H25ClO2/c1-3-4-14-5-6-17(19(22)20(14)23)21(24-2)18-15-8-12-7-13(10-15)11-16(18)9-12/h3-6,12-13,15-16,23H,7-11H2,1-2H3/b4-3+,21-18?. The molecule has 0 heterocycles. The second-order valence-electron chi connectivity index (χ2n) is 7.66. The fourth-order valence-corrected chi connectivity index (χ4v) is 5.77. The first kappa shape index (κ1) is 16.1. The Morgan fingerprint density at radius 3 is 2.29 bits per heavy atom. The molecule has 4 saturated carbocycles. The van der Waals surface area contributed by atoms with E-state index in [9.17, 15) is 5.11 Å². The van der Waals surface area contributed by atoms with E-state index in [4.69, 9.17) is 16.3 Å². The van der Waals surface area contributed by atoms with Crippen molar-refractivity contribution < 1.29 is 9.84 Å². The summed E-state index contributed by atoms with van der Waals surface area (Å²) in [6.45, 7) is 1.93. The van der Waals surface area contributed by atoms with Crippen LogP contribution >= 0.6 is 11.6 Å². The molecule has 4 aliphatic carbocycles.